The molecule has 13 heteroatoms. The number of benzene rings is 1. The highest BCUT2D eigenvalue weighted by Gasteiger charge is 2.42. The lowest BCUT2D eigenvalue weighted by atomic mass is 9.97. The van der Waals surface area contributed by atoms with Crippen LogP contribution in [-0.2, 0) is 9.59 Å². The van der Waals surface area contributed by atoms with Crippen LogP contribution in [0.3, 0.4) is 0 Å². The summed E-state index contributed by atoms with van der Waals surface area (Å²) in [7, 11) is 0. The summed E-state index contributed by atoms with van der Waals surface area (Å²) in [6, 6.07) is 3.90. The van der Waals surface area contributed by atoms with Gasteiger partial charge in [0.15, 0.2) is 5.75 Å². The van der Waals surface area contributed by atoms with Crippen molar-refractivity contribution in [3.05, 3.63) is 46.9 Å². The van der Waals surface area contributed by atoms with Crippen molar-refractivity contribution in [2.45, 2.75) is 19.0 Å². The number of carbonyl (C=O) groups is 3. The molecule has 0 aliphatic carbocycles. The van der Waals surface area contributed by atoms with Gasteiger partial charge in [0.2, 0.25) is 5.91 Å². The topological polar surface area (TPSA) is 109 Å². The highest BCUT2D eigenvalue weighted by atomic mass is 35.5. The van der Waals surface area contributed by atoms with E-state index in [-0.39, 0.29) is 10.8 Å². The predicted octanol–water partition coefficient (Wildman–Crippen LogP) is 3.53. The van der Waals surface area contributed by atoms with Gasteiger partial charge < -0.3 is 20.7 Å². The summed E-state index contributed by atoms with van der Waals surface area (Å²) in [6.07, 6.45) is -3.31. The van der Waals surface area contributed by atoms with Gasteiger partial charge in [-0.25, -0.2) is 14.2 Å². The molecule has 1 aliphatic heterocycles. The monoisotopic (exact) mass is 488 g/mol. The molecular weight excluding hydrogens is 472 g/mol. The van der Waals surface area contributed by atoms with Crippen LogP contribution in [0.1, 0.15) is 23.2 Å². The Morgan fingerprint density at radius 1 is 1.12 bits per heavy atom. The number of alkyl halides is 3. The third kappa shape index (κ3) is 6.39. The second-order valence-corrected chi connectivity index (χ2v) is 7.48. The molecule has 1 aliphatic rings. The van der Waals surface area contributed by atoms with Crippen LogP contribution in [0.5, 0.6) is 5.75 Å². The SMILES string of the molecule is O=C(Nc1ccc(Cl)cn1)c1cc(F)cc(OC(=O)C(F)(F)F)c1NC(=O)C1CCNCC1. The van der Waals surface area contributed by atoms with E-state index in [2.05, 4.69) is 25.7 Å². The molecule has 0 bridgehead atoms. The van der Waals surface area contributed by atoms with Gasteiger partial charge in [-0.05, 0) is 44.1 Å². The van der Waals surface area contributed by atoms with Crippen molar-refractivity contribution in [2.75, 3.05) is 23.7 Å². The smallest absolute Gasteiger partial charge is 0.417 e. The first-order valence-corrected chi connectivity index (χ1v) is 9.99. The molecule has 0 saturated carbocycles. The molecular formula is C20H17ClF4N4O4. The zero-order chi connectivity index (χ0) is 24.2. The Morgan fingerprint density at radius 3 is 2.42 bits per heavy atom. The fraction of sp³-hybridized carbons (Fsp3) is 0.300. The molecule has 176 valence electrons. The maximum Gasteiger partial charge on any atom is 0.491 e. The van der Waals surface area contributed by atoms with E-state index < -0.39 is 52.7 Å². The number of carbonyl (C=O) groups excluding carboxylic acids is 3. The Bertz CT molecular complexity index is 1060. The number of piperidine rings is 1. The number of ether oxygens (including phenoxy) is 1. The largest absolute Gasteiger partial charge is 0.491 e. The summed E-state index contributed by atoms with van der Waals surface area (Å²) >= 11 is 5.73. The zero-order valence-electron chi connectivity index (χ0n) is 16.8. The summed E-state index contributed by atoms with van der Waals surface area (Å²) in [5.74, 6) is -6.94. The Labute approximate surface area is 189 Å². The molecule has 3 N–H and O–H groups in total. The lowest BCUT2D eigenvalue weighted by Crippen LogP contribution is -2.35. The molecule has 1 aromatic heterocycles. The van der Waals surface area contributed by atoms with Crippen molar-refractivity contribution in [2.24, 2.45) is 5.92 Å². The molecule has 0 unspecified atom stereocenters. The maximum absolute atomic E-state index is 14.2. The molecule has 2 aromatic rings. The van der Waals surface area contributed by atoms with Gasteiger partial charge in [-0.15, -0.1) is 0 Å². The number of rotatable bonds is 5. The van der Waals surface area contributed by atoms with Gasteiger partial charge in [0.1, 0.15) is 11.6 Å². The van der Waals surface area contributed by atoms with Gasteiger partial charge in [-0.1, -0.05) is 11.6 Å². The van der Waals surface area contributed by atoms with E-state index in [0.717, 1.165) is 0 Å². The fourth-order valence-electron chi connectivity index (χ4n) is 3.07. The van der Waals surface area contributed by atoms with E-state index in [1.54, 1.807) is 0 Å². The number of esters is 1. The van der Waals surface area contributed by atoms with Crippen molar-refractivity contribution in [3.63, 3.8) is 0 Å². The van der Waals surface area contributed by atoms with Crippen LogP contribution in [0.2, 0.25) is 5.02 Å². The highest BCUT2D eigenvalue weighted by Crippen LogP contribution is 2.33. The molecule has 2 heterocycles. The first-order valence-electron chi connectivity index (χ1n) is 9.61. The zero-order valence-corrected chi connectivity index (χ0v) is 17.5. The Morgan fingerprint density at radius 2 is 1.82 bits per heavy atom. The van der Waals surface area contributed by atoms with Gasteiger partial charge in [0, 0.05) is 18.2 Å². The summed E-state index contributed by atoms with van der Waals surface area (Å²) in [4.78, 5) is 40.7. The second-order valence-electron chi connectivity index (χ2n) is 7.04. The molecule has 1 aromatic carbocycles. The van der Waals surface area contributed by atoms with Crippen LogP contribution < -0.4 is 20.7 Å². The number of nitrogens with one attached hydrogen (secondary N) is 3. The van der Waals surface area contributed by atoms with Gasteiger partial charge >= 0.3 is 12.1 Å². The number of nitrogens with zero attached hydrogens (tertiary/aromatic N) is 1. The minimum atomic E-state index is -5.39. The number of halogens is 5. The summed E-state index contributed by atoms with van der Waals surface area (Å²) in [6.45, 7) is 1.07. The molecule has 0 atom stereocenters. The van der Waals surface area contributed by atoms with Crippen LogP contribution in [0.25, 0.3) is 0 Å². The van der Waals surface area contributed by atoms with Crippen LogP contribution >= 0.6 is 11.6 Å². The van der Waals surface area contributed by atoms with E-state index in [9.17, 15) is 31.9 Å². The van der Waals surface area contributed by atoms with Crippen LogP contribution in [0.15, 0.2) is 30.5 Å². The fourth-order valence-corrected chi connectivity index (χ4v) is 3.18. The number of hydrogen-bond donors (Lipinski definition) is 3. The van der Waals surface area contributed by atoms with E-state index in [1.807, 2.05) is 0 Å². The van der Waals surface area contributed by atoms with Crippen molar-refractivity contribution < 1.29 is 36.7 Å². The second kappa shape index (κ2) is 10.1. The predicted molar refractivity (Wildman–Crippen MR) is 110 cm³/mol. The van der Waals surface area contributed by atoms with Gasteiger partial charge in [0.25, 0.3) is 5.91 Å². The molecule has 1 saturated heterocycles. The van der Waals surface area contributed by atoms with E-state index in [4.69, 9.17) is 11.6 Å². The number of aromatic nitrogens is 1. The molecule has 33 heavy (non-hydrogen) atoms. The minimum Gasteiger partial charge on any atom is -0.417 e. The maximum atomic E-state index is 14.2. The standard InChI is InChI=1S/C20H17ClF4N4O4/c21-11-1-2-15(27-9-11)28-18(31)13-7-12(22)8-14(33-19(32)20(23,24)25)16(13)29-17(30)10-3-5-26-6-4-10/h1-2,7-10,26H,3-6H2,(H,29,30)(H,27,28,31). The Balaban J connectivity index is 1.98. The summed E-state index contributed by atoms with van der Waals surface area (Å²) < 4.78 is 56.7. The van der Waals surface area contributed by atoms with Crippen LogP contribution in [0, 0.1) is 11.7 Å². The number of amides is 2. The van der Waals surface area contributed by atoms with E-state index >= 15 is 0 Å². The highest BCUT2D eigenvalue weighted by molar-refractivity contribution is 6.30. The molecule has 0 radical (unpaired) electrons. The first kappa shape index (κ1) is 24.4. The molecule has 3 rings (SSSR count). The molecule has 1 fully saturated rings. The van der Waals surface area contributed by atoms with E-state index in [1.165, 1.54) is 18.3 Å². The third-order valence-corrected chi connectivity index (χ3v) is 4.90. The van der Waals surface area contributed by atoms with Crippen molar-refractivity contribution in [1.82, 2.24) is 10.3 Å². The quantitative estimate of drug-likeness (QED) is 0.337. The molecule has 2 amide bonds. The number of pyridine rings is 1. The van der Waals surface area contributed by atoms with Crippen LogP contribution in [0.4, 0.5) is 29.1 Å². The minimum absolute atomic E-state index is 0.00173. The Hall–Kier alpha value is -3.25. The van der Waals surface area contributed by atoms with Crippen molar-refractivity contribution in [1.29, 1.82) is 0 Å². The average molecular weight is 489 g/mol. The van der Waals surface area contributed by atoms with Gasteiger partial charge in [-0.2, -0.15) is 13.2 Å². The molecule has 0 spiro atoms. The van der Waals surface area contributed by atoms with Crippen LogP contribution in [-0.4, -0.2) is 42.0 Å². The number of anilines is 2. The lowest BCUT2D eigenvalue weighted by molar-refractivity contribution is -0.189. The normalized spacial score (nSPS) is 14.5. The third-order valence-electron chi connectivity index (χ3n) is 4.67. The molecule has 8 nitrogen and oxygen atoms in total. The lowest BCUT2D eigenvalue weighted by Gasteiger charge is -2.23. The van der Waals surface area contributed by atoms with Crippen molar-refractivity contribution in [3.8, 4) is 5.75 Å². The van der Waals surface area contributed by atoms with Gasteiger partial charge in [-0.3, -0.25) is 9.59 Å². The Kier molecular flexibility index (Phi) is 7.49. The first-order chi connectivity index (χ1) is 15.5. The number of hydrogen-bond acceptors (Lipinski definition) is 6. The summed E-state index contributed by atoms with van der Waals surface area (Å²) in [5.41, 5.74) is -1.15. The van der Waals surface area contributed by atoms with Crippen molar-refractivity contribution >= 4 is 40.9 Å². The van der Waals surface area contributed by atoms with E-state index in [0.29, 0.717) is 38.1 Å². The average Bonchev–Trinajstić information content (AvgIpc) is 2.76. The van der Waals surface area contributed by atoms with Gasteiger partial charge in [0.05, 0.1) is 16.3 Å². The summed E-state index contributed by atoms with van der Waals surface area (Å²) in [5, 5.41) is 7.97.